The number of esters is 1. The van der Waals surface area contributed by atoms with Crippen LogP contribution >= 0.6 is 11.6 Å². The molecule has 8 nitrogen and oxygen atoms in total. The van der Waals surface area contributed by atoms with Gasteiger partial charge >= 0.3 is 5.97 Å². The van der Waals surface area contributed by atoms with Gasteiger partial charge in [-0.25, -0.2) is 13.2 Å². The number of benzene rings is 1. The van der Waals surface area contributed by atoms with E-state index in [1.165, 1.54) is 42.0 Å². The van der Waals surface area contributed by atoms with Crippen molar-refractivity contribution in [1.29, 1.82) is 0 Å². The first-order chi connectivity index (χ1) is 13.3. The van der Waals surface area contributed by atoms with Crippen molar-refractivity contribution < 1.29 is 22.7 Å². The summed E-state index contributed by atoms with van der Waals surface area (Å²) in [5.41, 5.74) is 0.595. The van der Waals surface area contributed by atoms with Gasteiger partial charge in [-0.3, -0.25) is 9.78 Å². The minimum Gasteiger partial charge on any atom is -0.465 e. The van der Waals surface area contributed by atoms with Gasteiger partial charge in [-0.2, -0.15) is 4.31 Å². The van der Waals surface area contributed by atoms with E-state index in [4.69, 9.17) is 11.6 Å². The molecule has 1 aliphatic heterocycles. The predicted molar refractivity (Wildman–Crippen MR) is 102 cm³/mol. The molecule has 1 amide bonds. The molecule has 1 aromatic carbocycles. The molecule has 1 fully saturated rings. The van der Waals surface area contributed by atoms with Gasteiger partial charge in [-0.15, -0.1) is 0 Å². The zero-order chi connectivity index (χ0) is 20.3. The maximum Gasteiger partial charge on any atom is 0.337 e. The number of carbonyl (C=O) groups is 2. The smallest absolute Gasteiger partial charge is 0.337 e. The van der Waals surface area contributed by atoms with Crippen LogP contribution in [0.2, 0.25) is 5.02 Å². The normalized spacial score (nSPS) is 15.3. The summed E-state index contributed by atoms with van der Waals surface area (Å²) in [6, 6.07) is 7.19. The van der Waals surface area contributed by atoms with E-state index >= 15 is 0 Å². The molecule has 148 valence electrons. The standard InChI is InChI=1S/C18H18ClN3O5S/c1-27-18(24)14-2-3-15(19)16(12-14)28(25,26)22-10-8-21(9-11-22)17(23)13-4-6-20-7-5-13/h2-7,12H,8-11H2,1H3. The summed E-state index contributed by atoms with van der Waals surface area (Å²) in [7, 11) is -2.71. The second-order valence-corrected chi connectivity index (χ2v) is 8.38. The topological polar surface area (TPSA) is 96.9 Å². The predicted octanol–water partition coefficient (Wildman–Crippen LogP) is 1.67. The molecule has 10 heteroatoms. The second-order valence-electron chi connectivity index (χ2n) is 6.07. The van der Waals surface area contributed by atoms with Gasteiger partial charge in [0.2, 0.25) is 10.0 Å². The molecule has 0 saturated carbocycles. The van der Waals surface area contributed by atoms with Crippen molar-refractivity contribution in [1.82, 2.24) is 14.2 Å². The van der Waals surface area contributed by atoms with Crippen LogP contribution in [0.4, 0.5) is 0 Å². The monoisotopic (exact) mass is 423 g/mol. The second kappa shape index (κ2) is 8.26. The third-order valence-electron chi connectivity index (χ3n) is 4.42. The number of aromatic nitrogens is 1. The molecule has 0 bridgehead atoms. The summed E-state index contributed by atoms with van der Waals surface area (Å²) in [5.74, 6) is -0.828. The summed E-state index contributed by atoms with van der Waals surface area (Å²) in [4.78, 5) is 29.5. The molecule has 0 N–H and O–H groups in total. The summed E-state index contributed by atoms with van der Waals surface area (Å²) in [5, 5.41) is 0.0166. The number of pyridine rings is 1. The first kappa shape index (κ1) is 20.2. The number of amides is 1. The Morgan fingerprint density at radius 3 is 2.29 bits per heavy atom. The summed E-state index contributed by atoms with van der Waals surface area (Å²) < 4.78 is 31.9. The van der Waals surface area contributed by atoms with Gasteiger partial charge in [0, 0.05) is 44.1 Å². The molecule has 0 aliphatic carbocycles. The lowest BCUT2D eigenvalue weighted by Gasteiger charge is -2.34. The van der Waals surface area contributed by atoms with Crippen molar-refractivity contribution in [3.05, 3.63) is 58.9 Å². The molecule has 3 rings (SSSR count). The first-order valence-corrected chi connectivity index (χ1v) is 10.2. The Kier molecular flexibility index (Phi) is 5.97. The lowest BCUT2D eigenvalue weighted by molar-refractivity contribution is 0.0599. The van der Waals surface area contributed by atoms with Crippen LogP contribution in [0.25, 0.3) is 0 Å². The number of methoxy groups -OCH3 is 1. The SMILES string of the molecule is COC(=O)c1ccc(Cl)c(S(=O)(=O)N2CCN(C(=O)c3ccncc3)CC2)c1. The van der Waals surface area contributed by atoms with Gasteiger partial charge in [0.15, 0.2) is 0 Å². The van der Waals surface area contributed by atoms with E-state index in [9.17, 15) is 18.0 Å². The number of ether oxygens (including phenoxy) is 1. The third-order valence-corrected chi connectivity index (χ3v) is 6.80. The minimum atomic E-state index is -3.93. The number of carbonyl (C=O) groups excluding carboxylic acids is 2. The lowest BCUT2D eigenvalue weighted by Crippen LogP contribution is -2.50. The van der Waals surface area contributed by atoms with Crippen LogP contribution in [0.15, 0.2) is 47.6 Å². The van der Waals surface area contributed by atoms with E-state index in [2.05, 4.69) is 9.72 Å². The highest BCUT2D eigenvalue weighted by Gasteiger charge is 2.32. The van der Waals surface area contributed by atoms with Crippen molar-refractivity contribution in [3.63, 3.8) is 0 Å². The number of halogens is 1. The third kappa shape index (κ3) is 4.01. The van der Waals surface area contributed by atoms with E-state index in [-0.39, 0.29) is 47.6 Å². The maximum atomic E-state index is 13.0. The Bertz CT molecular complexity index is 990. The van der Waals surface area contributed by atoms with Gasteiger partial charge in [0.1, 0.15) is 4.90 Å². The van der Waals surface area contributed by atoms with Crippen molar-refractivity contribution in [3.8, 4) is 0 Å². The highest BCUT2D eigenvalue weighted by molar-refractivity contribution is 7.89. The number of hydrogen-bond donors (Lipinski definition) is 0. The fraction of sp³-hybridized carbons (Fsp3) is 0.278. The quantitative estimate of drug-likeness (QED) is 0.694. The Labute approximate surface area is 167 Å². The van der Waals surface area contributed by atoms with Gasteiger partial charge in [0.25, 0.3) is 5.91 Å². The maximum absolute atomic E-state index is 13.0. The van der Waals surface area contributed by atoms with Crippen LogP contribution in [-0.2, 0) is 14.8 Å². The number of nitrogens with zero attached hydrogens (tertiary/aromatic N) is 3. The van der Waals surface area contributed by atoms with E-state index in [1.54, 1.807) is 17.0 Å². The summed E-state index contributed by atoms with van der Waals surface area (Å²) in [6.07, 6.45) is 3.06. The molecule has 2 heterocycles. The molecular weight excluding hydrogens is 406 g/mol. The van der Waals surface area contributed by atoms with Gasteiger partial charge in [-0.1, -0.05) is 11.6 Å². The zero-order valence-corrected chi connectivity index (χ0v) is 16.6. The molecule has 1 saturated heterocycles. The van der Waals surface area contributed by atoms with Crippen LogP contribution in [0.5, 0.6) is 0 Å². The highest BCUT2D eigenvalue weighted by Crippen LogP contribution is 2.27. The van der Waals surface area contributed by atoms with E-state index in [1.807, 2.05) is 0 Å². The number of rotatable bonds is 4. The summed E-state index contributed by atoms with van der Waals surface area (Å²) >= 11 is 6.08. The molecule has 0 unspecified atom stereocenters. The molecule has 0 spiro atoms. The van der Waals surface area contributed by atoms with E-state index in [0.29, 0.717) is 5.56 Å². The molecule has 2 aromatic rings. The molecular formula is C18H18ClN3O5S. The fourth-order valence-electron chi connectivity index (χ4n) is 2.89. The average Bonchev–Trinajstić information content (AvgIpc) is 2.73. The van der Waals surface area contributed by atoms with Crippen LogP contribution in [0, 0.1) is 0 Å². The molecule has 1 aromatic heterocycles. The van der Waals surface area contributed by atoms with Crippen molar-refractivity contribution in [2.45, 2.75) is 4.90 Å². The minimum absolute atomic E-state index is 0.0166. The van der Waals surface area contributed by atoms with Crippen LogP contribution in [-0.4, -0.2) is 67.8 Å². The van der Waals surface area contributed by atoms with Gasteiger partial charge in [0.05, 0.1) is 17.7 Å². The van der Waals surface area contributed by atoms with Crippen molar-refractivity contribution >= 4 is 33.5 Å². The number of piperazine rings is 1. The molecule has 0 atom stereocenters. The zero-order valence-electron chi connectivity index (χ0n) is 15.0. The Hall–Kier alpha value is -2.49. The lowest BCUT2D eigenvalue weighted by atomic mass is 10.2. The van der Waals surface area contributed by atoms with Crippen molar-refractivity contribution in [2.24, 2.45) is 0 Å². The van der Waals surface area contributed by atoms with Gasteiger partial charge < -0.3 is 9.64 Å². The first-order valence-electron chi connectivity index (χ1n) is 8.42. The molecule has 28 heavy (non-hydrogen) atoms. The number of sulfonamides is 1. The molecule has 1 aliphatic rings. The highest BCUT2D eigenvalue weighted by atomic mass is 35.5. The Morgan fingerprint density at radius 2 is 1.68 bits per heavy atom. The van der Waals surface area contributed by atoms with Crippen LogP contribution in [0.1, 0.15) is 20.7 Å². The average molecular weight is 424 g/mol. The van der Waals surface area contributed by atoms with Crippen molar-refractivity contribution in [2.75, 3.05) is 33.3 Å². The van der Waals surface area contributed by atoms with E-state index < -0.39 is 16.0 Å². The Balaban J connectivity index is 1.77. The largest absolute Gasteiger partial charge is 0.465 e. The summed E-state index contributed by atoms with van der Waals surface area (Å²) in [6.45, 7) is 0.735. The Morgan fingerprint density at radius 1 is 1.04 bits per heavy atom. The van der Waals surface area contributed by atoms with Gasteiger partial charge in [-0.05, 0) is 30.3 Å². The van der Waals surface area contributed by atoms with Crippen LogP contribution < -0.4 is 0 Å². The number of hydrogen-bond acceptors (Lipinski definition) is 6. The van der Waals surface area contributed by atoms with Crippen LogP contribution in [0.3, 0.4) is 0 Å². The molecule has 0 radical (unpaired) electrons. The van der Waals surface area contributed by atoms with E-state index in [0.717, 1.165) is 0 Å². The fourth-order valence-corrected chi connectivity index (χ4v) is 4.82.